The minimum atomic E-state index is -4.39. The SMILES string of the molecule is COc1cccc([C@@H]2CC(O)(c3ccc(C(F)(F)F)cc3)C[C@H](C)N2)n1. The third kappa shape index (κ3) is 3.83. The van der Waals surface area contributed by atoms with E-state index in [1.165, 1.54) is 19.2 Å². The van der Waals surface area contributed by atoms with Crippen molar-refractivity contribution in [3.63, 3.8) is 0 Å². The molecule has 4 nitrogen and oxygen atoms in total. The molecule has 3 atom stereocenters. The van der Waals surface area contributed by atoms with Gasteiger partial charge >= 0.3 is 6.18 Å². The second-order valence-electron chi connectivity index (χ2n) is 6.74. The van der Waals surface area contributed by atoms with Crippen LogP contribution in [0.15, 0.2) is 42.5 Å². The van der Waals surface area contributed by atoms with E-state index in [4.69, 9.17) is 4.74 Å². The second kappa shape index (κ2) is 6.89. The first-order chi connectivity index (χ1) is 12.2. The first kappa shape index (κ1) is 18.7. The van der Waals surface area contributed by atoms with Crippen molar-refractivity contribution in [1.82, 2.24) is 10.3 Å². The number of methoxy groups -OCH3 is 1. The van der Waals surface area contributed by atoms with Crippen LogP contribution in [-0.2, 0) is 11.8 Å². The van der Waals surface area contributed by atoms with E-state index in [0.717, 1.165) is 17.8 Å². The molecule has 1 aliphatic heterocycles. The maximum atomic E-state index is 12.8. The summed E-state index contributed by atoms with van der Waals surface area (Å²) in [6, 6.07) is 9.86. The van der Waals surface area contributed by atoms with Gasteiger partial charge < -0.3 is 15.2 Å². The second-order valence-corrected chi connectivity index (χ2v) is 6.74. The van der Waals surface area contributed by atoms with Crippen molar-refractivity contribution in [2.45, 2.75) is 43.6 Å². The van der Waals surface area contributed by atoms with E-state index in [2.05, 4.69) is 10.3 Å². The molecule has 0 saturated carbocycles. The third-order valence-corrected chi connectivity index (χ3v) is 4.73. The van der Waals surface area contributed by atoms with Gasteiger partial charge in [0.2, 0.25) is 5.88 Å². The van der Waals surface area contributed by atoms with Crippen molar-refractivity contribution in [2.75, 3.05) is 7.11 Å². The maximum absolute atomic E-state index is 12.8. The van der Waals surface area contributed by atoms with E-state index in [-0.39, 0.29) is 12.1 Å². The van der Waals surface area contributed by atoms with Gasteiger partial charge in [0.05, 0.1) is 30.0 Å². The number of rotatable bonds is 3. The van der Waals surface area contributed by atoms with Crippen molar-refractivity contribution in [1.29, 1.82) is 0 Å². The summed E-state index contributed by atoms with van der Waals surface area (Å²) in [6.45, 7) is 1.93. The van der Waals surface area contributed by atoms with E-state index < -0.39 is 17.3 Å². The molecule has 0 bridgehead atoms. The van der Waals surface area contributed by atoms with E-state index in [1.54, 1.807) is 6.07 Å². The zero-order chi connectivity index (χ0) is 18.9. The average molecular weight is 366 g/mol. The molecule has 0 radical (unpaired) electrons. The lowest BCUT2D eigenvalue weighted by atomic mass is 9.78. The Hall–Kier alpha value is -2.12. The predicted molar refractivity (Wildman–Crippen MR) is 90.7 cm³/mol. The van der Waals surface area contributed by atoms with Crippen molar-refractivity contribution in [3.05, 3.63) is 59.3 Å². The molecule has 2 aromatic rings. The summed E-state index contributed by atoms with van der Waals surface area (Å²) in [5, 5.41) is 14.6. The molecule has 1 unspecified atom stereocenters. The third-order valence-electron chi connectivity index (χ3n) is 4.73. The van der Waals surface area contributed by atoms with Crippen LogP contribution in [-0.4, -0.2) is 23.2 Å². The monoisotopic (exact) mass is 366 g/mol. The van der Waals surface area contributed by atoms with Gasteiger partial charge in [0.25, 0.3) is 0 Å². The van der Waals surface area contributed by atoms with Crippen molar-refractivity contribution in [2.24, 2.45) is 0 Å². The van der Waals surface area contributed by atoms with Crippen LogP contribution in [0.2, 0.25) is 0 Å². The number of nitrogens with zero attached hydrogens (tertiary/aromatic N) is 1. The molecule has 3 rings (SSSR count). The Balaban J connectivity index is 1.88. The molecule has 2 N–H and O–H groups in total. The van der Waals surface area contributed by atoms with Crippen LogP contribution in [0.4, 0.5) is 13.2 Å². The van der Waals surface area contributed by atoms with Gasteiger partial charge in [-0.3, -0.25) is 0 Å². The van der Waals surface area contributed by atoms with Crippen LogP contribution in [0, 0.1) is 0 Å². The van der Waals surface area contributed by atoms with Gasteiger partial charge in [0, 0.05) is 18.5 Å². The Morgan fingerprint density at radius 2 is 1.85 bits per heavy atom. The van der Waals surface area contributed by atoms with Crippen LogP contribution < -0.4 is 10.1 Å². The Kier molecular flexibility index (Phi) is 4.94. The molecule has 1 saturated heterocycles. The number of aliphatic hydroxyl groups is 1. The number of nitrogens with one attached hydrogen (secondary N) is 1. The van der Waals surface area contributed by atoms with Crippen molar-refractivity contribution in [3.8, 4) is 5.88 Å². The van der Waals surface area contributed by atoms with Gasteiger partial charge in [0.1, 0.15) is 0 Å². The highest BCUT2D eigenvalue weighted by atomic mass is 19.4. The van der Waals surface area contributed by atoms with E-state index in [9.17, 15) is 18.3 Å². The fourth-order valence-electron chi connectivity index (χ4n) is 3.52. The molecule has 0 spiro atoms. The molecule has 7 heteroatoms. The van der Waals surface area contributed by atoms with Gasteiger partial charge in [-0.15, -0.1) is 0 Å². The Morgan fingerprint density at radius 1 is 1.15 bits per heavy atom. The molecule has 1 aliphatic rings. The molecule has 26 heavy (non-hydrogen) atoms. The van der Waals surface area contributed by atoms with Gasteiger partial charge in [-0.05, 0) is 37.1 Å². The fraction of sp³-hybridized carbons (Fsp3) is 0.421. The smallest absolute Gasteiger partial charge is 0.416 e. The molecule has 140 valence electrons. The lowest BCUT2D eigenvalue weighted by Crippen LogP contribution is -2.47. The minimum absolute atomic E-state index is 0.0333. The number of pyridine rings is 1. The number of halogens is 3. The molecule has 1 fully saturated rings. The average Bonchev–Trinajstić information content (AvgIpc) is 2.60. The zero-order valence-electron chi connectivity index (χ0n) is 14.5. The molecule has 2 heterocycles. The summed E-state index contributed by atoms with van der Waals surface area (Å²) in [5.41, 5.74) is -0.754. The topological polar surface area (TPSA) is 54.4 Å². The normalized spacial score (nSPS) is 26.5. The molecule has 1 aromatic heterocycles. The number of hydrogen-bond acceptors (Lipinski definition) is 4. The van der Waals surface area contributed by atoms with Crippen LogP contribution in [0.25, 0.3) is 0 Å². The Morgan fingerprint density at radius 3 is 2.46 bits per heavy atom. The Bertz CT molecular complexity index is 764. The molecular formula is C19H21F3N2O2. The van der Waals surface area contributed by atoms with Gasteiger partial charge in [-0.2, -0.15) is 13.2 Å². The van der Waals surface area contributed by atoms with Crippen LogP contribution >= 0.6 is 0 Å². The number of ether oxygens (including phenoxy) is 1. The number of benzene rings is 1. The van der Waals surface area contributed by atoms with Gasteiger partial charge in [0.15, 0.2) is 0 Å². The number of alkyl halides is 3. The number of piperidine rings is 1. The minimum Gasteiger partial charge on any atom is -0.481 e. The summed E-state index contributed by atoms with van der Waals surface area (Å²) >= 11 is 0. The highest BCUT2D eigenvalue weighted by molar-refractivity contribution is 5.31. The summed E-state index contributed by atoms with van der Waals surface area (Å²) in [7, 11) is 1.53. The number of aromatic nitrogens is 1. The lowest BCUT2D eigenvalue weighted by molar-refractivity contribution is -0.137. The summed E-state index contributed by atoms with van der Waals surface area (Å²) in [4.78, 5) is 4.41. The van der Waals surface area contributed by atoms with Crippen LogP contribution in [0.5, 0.6) is 5.88 Å². The molecule has 1 aromatic carbocycles. The van der Waals surface area contributed by atoms with Crippen molar-refractivity contribution >= 4 is 0 Å². The van der Waals surface area contributed by atoms with E-state index in [1.807, 2.05) is 19.1 Å². The van der Waals surface area contributed by atoms with Gasteiger partial charge in [-0.1, -0.05) is 18.2 Å². The summed E-state index contributed by atoms with van der Waals surface area (Å²) in [6.07, 6.45) is -3.68. The quantitative estimate of drug-likeness (QED) is 0.867. The fourth-order valence-corrected chi connectivity index (χ4v) is 3.52. The summed E-state index contributed by atoms with van der Waals surface area (Å²) in [5.74, 6) is 0.473. The van der Waals surface area contributed by atoms with E-state index in [0.29, 0.717) is 24.3 Å². The predicted octanol–water partition coefficient (Wildman–Crippen LogP) is 3.81. The van der Waals surface area contributed by atoms with E-state index >= 15 is 0 Å². The first-order valence-corrected chi connectivity index (χ1v) is 8.38. The largest absolute Gasteiger partial charge is 0.481 e. The highest BCUT2D eigenvalue weighted by Gasteiger charge is 2.40. The molecular weight excluding hydrogens is 345 g/mol. The van der Waals surface area contributed by atoms with Crippen LogP contribution in [0.3, 0.4) is 0 Å². The van der Waals surface area contributed by atoms with Crippen molar-refractivity contribution < 1.29 is 23.0 Å². The highest BCUT2D eigenvalue weighted by Crippen LogP contribution is 2.40. The standard InChI is InChI=1S/C19H21F3N2O2/c1-12-10-18(25,13-6-8-14(9-7-13)19(20,21)22)11-16(23-12)15-4-3-5-17(24-15)26-2/h3-9,12,16,23,25H,10-11H2,1-2H3/t12-,16-,18?/m0/s1. The maximum Gasteiger partial charge on any atom is 0.416 e. The Labute approximate surface area is 150 Å². The molecule has 0 aliphatic carbocycles. The number of hydrogen-bond donors (Lipinski definition) is 2. The van der Waals surface area contributed by atoms with Crippen LogP contribution in [0.1, 0.15) is 42.6 Å². The lowest BCUT2D eigenvalue weighted by Gasteiger charge is -2.41. The summed E-state index contributed by atoms with van der Waals surface area (Å²) < 4.78 is 43.5. The zero-order valence-corrected chi connectivity index (χ0v) is 14.5. The molecule has 0 amide bonds. The first-order valence-electron chi connectivity index (χ1n) is 8.38. The van der Waals surface area contributed by atoms with Gasteiger partial charge in [-0.25, -0.2) is 4.98 Å².